The molecular formula is C33H45N5O5Si2. The summed E-state index contributed by atoms with van der Waals surface area (Å²) in [5, 5.41) is 24.8. The summed E-state index contributed by atoms with van der Waals surface area (Å²) < 4.78 is 14.5. The van der Waals surface area contributed by atoms with Crippen molar-refractivity contribution in [1.29, 1.82) is 0 Å². The van der Waals surface area contributed by atoms with Gasteiger partial charge >= 0.3 is 5.97 Å². The van der Waals surface area contributed by atoms with Crippen LogP contribution in [0.5, 0.6) is 5.88 Å². The lowest BCUT2D eigenvalue weighted by Gasteiger charge is -2.43. The van der Waals surface area contributed by atoms with E-state index in [4.69, 9.17) is 14.9 Å². The lowest BCUT2D eigenvalue weighted by molar-refractivity contribution is -0.0775. The van der Waals surface area contributed by atoms with E-state index in [1.807, 2.05) is 24.3 Å². The predicted octanol–water partition coefficient (Wildman–Crippen LogP) is 4.92. The van der Waals surface area contributed by atoms with Gasteiger partial charge in [-0.15, -0.1) is 0 Å². The van der Waals surface area contributed by atoms with Crippen LogP contribution in [0.1, 0.15) is 43.6 Å². The quantitative estimate of drug-likeness (QED) is 0.170. The average Bonchev–Trinajstić information content (AvgIpc) is 3.51. The Balaban J connectivity index is 1.57. The van der Waals surface area contributed by atoms with Gasteiger partial charge in [0.2, 0.25) is 5.95 Å². The van der Waals surface area contributed by atoms with E-state index in [-0.39, 0.29) is 34.4 Å². The SMILES string of the molecule is CC(C)(C)[Si](C)(C)O[C@@H]1C[C@@H](n2cnc3c(OC(=O)c4ccccc4)nc(N)nc32)[C@](O)(CO)[C@H]1C[Si](C)(C)c1ccccc1. The van der Waals surface area contributed by atoms with Crippen LogP contribution in [0.4, 0.5) is 5.95 Å². The monoisotopic (exact) mass is 647 g/mol. The summed E-state index contributed by atoms with van der Waals surface area (Å²) in [7, 11) is -4.40. The molecular weight excluding hydrogens is 603 g/mol. The summed E-state index contributed by atoms with van der Waals surface area (Å²) in [6.45, 7) is 15.1. The molecule has 0 aliphatic heterocycles. The number of ether oxygens (including phenoxy) is 1. The normalized spacial score (nSPS) is 22.6. The number of benzene rings is 2. The highest BCUT2D eigenvalue weighted by atomic mass is 28.4. The maximum absolute atomic E-state index is 12.9. The van der Waals surface area contributed by atoms with Gasteiger partial charge in [0.05, 0.1) is 38.7 Å². The largest absolute Gasteiger partial charge is 0.413 e. The molecule has 4 atom stereocenters. The van der Waals surface area contributed by atoms with Gasteiger partial charge in [-0.05, 0) is 42.7 Å². The molecule has 5 rings (SSSR count). The number of esters is 1. The summed E-state index contributed by atoms with van der Waals surface area (Å²) in [5.41, 5.74) is 5.46. The van der Waals surface area contributed by atoms with Crippen molar-refractivity contribution in [2.45, 2.75) is 82.2 Å². The molecule has 2 aromatic heterocycles. The van der Waals surface area contributed by atoms with Crippen LogP contribution < -0.4 is 15.7 Å². The second-order valence-corrected chi connectivity index (χ2v) is 23.9. The zero-order valence-corrected chi connectivity index (χ0v) is 29.2. The summed E-state index contributed by atoms with van der Waals surface area (Å²) in [5.74, 6) is -1.14. The average molecular weight is 648 g/mol. The van der Waals surface area contributed by atoms with E-state index in [1.54, 1.807) is 35.2 Å². The Morgan fingerprint density at radius 2 is 1.67 bits per heavy atom. The maximum atomic E-state index is 12.9. The molecule has 1 aliphatic carbocycles. The summed E-state index contributed by atoms with van der Waals surface area (Å²) in [6.07, 6.45) is 1.66. The zero-order chi connectivity index (χ0) is 32.8. The first kappa shape index (κ1) is 33.0. The third-order valence-electron chi connectivity index (χ3n) is 9.86. The van der Waals surface area contributed by atoms with E-state index in [0.29, 0.717) is 23.7 Å². The van der Waals surface area contributed by atoms with Crippen molar-refractivity contribution in [3.05, 3.63) is 72.6 Å². The minimum Gasteiger partial charge on any atom is -0.413 e. The topological polar surface area (TPSA) is 146 Å². The number of carbonyl (C=O) groups is 1. The number of nitrogens with two attached hydrogens (primary N) is 1. The molecule has 0 unspecified atom stereocenters. The van der Waals surface area contributed by atoms with Gasteiger partial charge in [0.25, 0.3) is 5.88 Å². The summed E-state index contributed by atoms with van der Waals surface area (Å²) in [4.78, 5) is 26.1. The maximum Gasteiger partial charge on any atom is 0.344 e. The predicted molar refractivity (Wildman–Crippen MR) is 181 cm³/mol. The number of nitrogens with zero attached hydrogens (tertiary/aromatic N) is 4. The van der Waals surface area contributed by atoms with E-state index in [9.17, 15) is 15.0 Å². The number of anilines is 1. The number of carbonyl (C=O) groups excluding carboxylic acids is 1. The van der Waals surface area contributed by atoms with Gasteiger partial charge in [-0.2, -0.15) is 9.97 Å². The van der Waals surface area contributed by atoms with Crippen molar-refractivity contribution in [2.75, 3.05) is 12.3 Å². The highest BCUT2D eigenvalue weighted by Crippen LogP contribution is 2.51. The minimum absolute atomic E-state index is 0.0553. The Morgan fingerprint density at radius 3 is 2.27 bits per heavy atom. The highest BCUT2D eigenvalue weighted by molar-refractivity contribution is 6.89. The molecule has 4 N–H and O–H groups in total. The zero-order valence-electron chi connectivity index (χ0n) is 27.2. The molecule has 10 nitrogen and oxygen atoms in total. The number of nitrogen functional groups attached to an aromatic ring is 1. The Bertz CT molecular complexity index is 1660. The van der Waals surface area contributed by atoms with Crippen molar-refractivity contribution in [3.8, 4) is 5.88 Å². The Labute approximate surface area is 266 Å². The lowest BCUT2D eigenvalue weighted by atomic mass is 9.89. The van der Waals surface area contributed by atoms with Gasteiger partial charge in [-0.1, -0.05) is 87.6 Å². The Kier molecular flexibility index (Phi) is 8.83. The number of hydrogen-bond acceptors (Lipinski definition) is 9. The van der Waals surface area contributed by atoms with Crippen LogP contribution in [0, 0.1) is 5.92 Å². The number of fused-ring (bicyclic) bond motifs is 1. The second-order valence-electron chi connectivity index (χ2n) is 14.3. The molecule has 0 saturated heterocycles. The third kappa shape index (κ3) is 6.34. The molecule has 1 aliphatic rings. The number of aromatic nitrogens is 4. The van der Waals surface area contributed by atoms with E-state index in [1.165, 1.54) is 5.19 Å². The molecule has 0 amide bonds. The van der Waals surface area contributed by atoms with E-state index >= 15 is 0 Å². The molecule has 2 aromatic carbocycles. The number of aliphatic hydroxyl groups is 2. The molecule has 0 bridgehead atoms. The standard InChI is InChI=1S/C33H45N5O5Si2/c1-32(2,3)45(6,7)43-25-18-26(33(41,20-39)24(25)19-44(4,5)23-16-12-9-13-17-23)38-21-35-27-28(38)36-31(34)37-29(27)42-30(40)22-14-10-8-11-15-22/h8-17,21,24-26,39,41H,18-20H2,1-7H3,(H2,34,36,37)/t24-,25+,26+,33-/m0/s1. The minimum atomic E-state index is -2.28. The lowest BCUT2D eigenvalue weighted by Crippen LogP contribution is -2.53. The van der Waals surface area contributed by atoms with Crippen LogP contribution in [0.2, 0.25) is 37.3 Å². The molecule has 4 aromatic rings. The van der Waals surface area contributed by atoms with Crippen molar-refractivity contribution in [2.24, 2.45) is 5.92 Å². The number of hydrogen-bond donors (Lipinski definition) is 3. The van der Waals surface area contributed by atoms with Crippen LogP contribution in [-0.4, -0.2) is 70.4 Å². The van der Waals surface area contributed by atoms with Gasteiger partial charge < -0.3 is 29.7 Å². The highest BCUT2D eigenvalue weighted by Gasteiger charge is 2.58. The van der Waals surface area contributed by atoms with Gasteiger partial charge in [-0.3, -0.25) is 0 Å². The molecule has 1 fully saturated rings. The first-order valence-corrected chi connectivity index (χ1v) is 21.5. The molecule has 1 saturated carbocycles. The number of rotatable bonds is 9. The van der Waals surface area contributed by atoms with Gasteiger partial charge in [0.15, 0.2) is 19.5 Å². The fraction of sp³-hybridized carbons (Fsp3) is 0.455. The molecule has 2 heterocycles. The molecule has 45 heavy (non-hydrogen) atoms. The first-order chi connectivity index (χ1) is 21.1. The Hall–Kier alpha value is -3.43. The van der Waals surface area contributed by atoms with Gasteiger partial charge in [0, 0.05) is 5.92 Å². The van der Waals surface area contributed by atoms with Crippen molar-refractivity contribution >= 4 is 44.7 Å². The second kappa shape index (κ2) is 12.1. The fourth-order valence-electron chi connectivity index (χ4n) is 6.21. The summed E-state index contributed by atoms with van der Waals surface area (Å²) >= 11 is 0. The molecule has 240 valence electrons. The van der Waals surface area contributed by atoms with E-state index in [2.05, 4.69) is 74.0 Å². The molecule has 0 spiro atoms. The smallest absolute Gasteiger partial charge is 0.344 e. The van der Waals surface area contributed by atoms with Crippen molar-refractivity contribution in [1.82, 2.24) is 19.5 Å². The van der Waals surface area contributed by atoms with Crippen LogP contribution in [0.15, 0.2) is 67.0 Å². The molecule has 12 heteroatoms. The summed E-state index contributed by atoms with van der Waals surface area (Å²) in [6, 6.07) is 19.1. The van der Waals surface area contributed by atoms with Gasteiger partial charge in [0.1, 0.15) is 5.60 Å². The molecule has 0 radical (unpaired) electrons. The fourth-order valence-corrected chi connectivity index (χ4v) is 10.6. The van der Waals surface area contributed by atoms with E-state index in [0.717, 1.165) is 0 Å². The Morgan fingerprint density at radius 1 is 1.04 bits per heavy atom. The van der Waals surface area contributed by atoms with Crippen molar-refractivity contribution in [3.63, 3.8) is 0 Å². The van der Waals surface area contributed by atoms with Crippen LogP contribution in [0.25, 0.3) is 11.2 Å². The van der Waals surface area contributed by atoms with Crippen molar-refractivity contribution < 1.29 is 24.2 Å². The number of imidazole rings is 1. The van der Waals surface area contributed by atoms with E-state index < -0.39 is 40.6 Å². The number of aliphatic hydroxyl groups excluding tert-OH is 1. The van der Waals surface area contributed by atoms with Crippen LogP contribution in [-0.2, 0) is 4.43 Å². The first-order valence-electron chi connectivity index (χ1n) is 15.4. The van der Waals surface area contributed by atoms with Crippen LogP contribution in [0.3, 0.4) is 0 Å². The third-order valence-corrected chi connectivity index (χ3v) is 17.7. The van der Waals surface area contributed by atoms with Crippen LogP contribution >= 0.6 is 0 Å². The van der Waals surface area contributed by atoms with Gasteiger partial charge in [-0.25, -0.2) is 9.78 Å².